The zero-order chi connectivity index (χ0) is 19.6. The first kappa shape index (κ1) is 19.7. The van der Waals surface area contributed by atoms with Crippen LogP contribution in [-0.4, -0.2) is 27.1 Å². The fourth-order valence-corrected chi connectivity index (χ4v) is 4.20. The molecule has 1 saturated heterocycles. The van der Waals surface area contributed by atoms with Gasteiger partial charge in [-0.3, -0.25) is 9.48 Å². The molecule has 0 N–H and O–H groups in total. The molecule has 4 nitrogen and oxygen atoms in total. The molecule has 0 spiro atoms. The number of amides is 1. The van der Waals surface area contributed by atoms with Gasteiger partial charge in [-0.1, -0.05) is 43.7 Å². The van der Waals surface area contributed by atoms with Crippen LogP contribution in [0.1, 0.15) is 67.2 Å². The van der Waals surface area contributed by atoms with Gasteiger partial charge in [0.15, 0.2) is 0 Å². The van der Waals surface area contributed by atoms with E-state index in [1.807, 2.05) is 0 Å². The molecular formula is C23H33N3O. The van der Waals surface area contributed by atoms with E-state index < -0.39 is 0 Å². The van der Waals surface area contributed by atoms with Gasteiger partial charge in [0.05, 0.1) is 11.7 Å². The van der Waals surface area contributed by atoms with Gasteiger partial charge in [0.2, 0.25) is 5.91 Å². The number of aryl methyl sites for hydroxylation is 2. The average Bonchev–Trinajstić information content (AvgIpc) is 3.19. The van der Waals surface area contributed by atoms with E-state index in [-0.39, 0.29) is 11.9 Å². The summed E-state index contributed by atoms with van der Waals surface area (Å²) in [4.78, 5) is 15.1. The highest BCUT2D eigenvalue weighted by Crippen LogP contribution is 2.32. The summed E-state index contributed by atoms with van der Waals surface area (Å²) in [5.41, 5.74) is 6.06. The van der Waals surface area contributed by atoms with Crippen LogP contribution in [0.15, 0.2) is 24.3 Å². The first-order chi connectivity index (χ1) is 12.9. The Kier molecular flexibility index (Phi) is 6.03. The van der Waals surface area contributed by atoms with Gasteiger partial charge in [0.1, 0.15) is 0 Å². The van der Waals surface area contributed by atoms with Gasteiger partial charge >= 0.3 is 0 Å². The van der Waals surface area contributed by atoms with Crippen molar-refractivity contribution >= 4 is 5.91 Å². The predicted molar refractivity (Wildman–Crippen MR) is 110 cm³/mol. The fourth-order valence-electron chi connectivity index (χ4n) is 4.20. The van der Waals surface area contributed by atoms with Crippen LogP contribution in [0.4, 0.5) is 0 Å². The van der Waals surface area contributed by atoms with Gasteiger partial charge in [-0.05, 0) is 57.1 Å². The molecule has 1 aliphatic rings. The predicted octanol–water partition coefficient (Wildman–Crippen LogP) is 4.76. The number of benzene rings is 1. The maximum atomic E-state index is 13.0. The molecule has 27 heavy (non-hydrogen) atoms. The lowest BCUT2D eigenvalue weighted by molar-refractivity contribution is -0.132. The molecule has 0 bridgehead atoms. The smallest absolute Gasteiger partial charge is 0.223 e. The van der Waals surface area contributed by atoms with Gasteiger partial charge in [-0.25, -0.2) is 0 Å². The SMILES string of the molecule is Cc1ccc(C2CCCN2C(=O)CCc2c(C)nn(CC(C)C)c2C)cc1. The van der Waals surface area contributed by atoms with Crippen molar-refractivity contribution in [3.63, 3.8) is 0 Å². The highest BCUT2D eigenvalue weighted by Gasteiger charge is 2.29. The molecule has 2 aromatic rings. The average molecular weight is 368 g/mol. The quantitative estimate of drug-likeness (QED) is 0.738. The molecule has 1 amide bonds. The zero-order valence-corrected chi connectivity index (χ0v) is 17.5. The highest BCUT2D eigenvalue weighted by atomic mass is 16.2. The molecule has 1 unspecified atom stereocenters. The van der Waals surface area contributed by atoms with Crippen LogP contribution in [0, 0.1) is 26.7 Å². The molecule has 0 aliphatic carbocycles. The summed E-state index contributed by atoms with van der Waals surface area (Å²) in [7, 11) is 0. The molecule has 1 aromatic carbocycles. The number of carbonyl (C=O) groups excluding carboxylic acids is 1. The summed E-state index contributed by atoms with van der Waals surface area (Å²) in [5.74, 6) is 0.839. The maximum absolute atomic E-state index is 13.0. The van der Waals surface area contributed by atoms with Crippen molar-refractivity contribution in [3.8, 4) is 0 Å². The van der Waals surface area contributed by atoms with E-state index in [1.54, 1.807) is 0 Å². The van der Waals surface area contributed by atoms with E-state index >= 15 is 0 Å². The Labute approximate surface area is 163 Å². The fraction of sp³-hybridized carbons (Fsp3) is 0.565. The Hall–Kier alpha value is -2.10. The Morgan fingerprint density at radius 1 is 1.19 bits per heavy atom. The molecular weight excluding hydrogens is 334 g/mol. The minimum absolute atomic E-state index is 0.240. The molecule has 0 saturated carbocycles. The topological polar surface area (TPSA) is 38.1 Å². The van der Waals surface area contributed by atoms with Crippen LogP contribution in [0.5, 0.6) is 0 Å². The molecule has 1 aromatic heterocycles. The normalized spacial score (nSPS) is 17.1. The molecule has 1 fully saturated rings. The molecule has 2 heterocycles. The van der Waals surface area contributed by atoms with Crippen molar-refractivity contribution in [1.82, 2.24) is 14.7 Å². The van der Waals surface area contributed by atoms with E-state index in [0.29, 0.717) is 12.3 Å². The van der Waals surface area contributed by atoms with Crippen LogP contribution in [-0.2, 0) is 17.8 Å². The van der Waals surface area contributed by atoms with E-state index in [2.05, 4.69) is 73.6 Å². The summed E-state index contributed by atoms with van der Waals surface area (Å²) in [5, 5.41) is 4.69. The third kappa shape index (κ3) is 4.42. The van der Waals surface area contributed by atoms with Crippen molar-refractivity contribution in [2.45, 2.75) is 72.9 Å². The standard InChI is InChI=1S/C23H33N3O/c1-16(2)15-26-19(5)21(18(4)24-26)12-13-23(27)25-14-6-7-22(25)20-10-8-17(3)9-11-20/h8-11,16,22H,6-7,12-15H2,1-5H3. The van der Waals surface area contributed by atoms with Crippen LogP contribution < -0.4 is 0 Å². The lowest BCUT2D eigenvalue weighted by atomic mass is 10.0. The Balaban J connectivity index is 1.67. The molecule has 4 heteroatoms. The molecule has 0 radical (unpaired) electrons. The van der Waals surface area contributed by atoms with E-state index in [4.69, 9.17) is 0 Å². The first-order valence-electron chi connectivity index (χ1n) is 10.3. The number of hydrogen-bond acceptors (Lipinski definition) is 2. The number of carbonyl (C=O) groups is 1. The molecule has 3 rings (SSSR count). The second-order valence-corrected chi connectivity index (χ2v) is 8.38. The van der Waals surface area contributed by atoms with Crippen LogP contribution in [0.25, 0.3) is 0 Å². The molecule has 1 atom stereocenters. The van der Waals surface area contributed by atoms with Gasteiger partial charge < -0.3 is 4.90 Å². The van der Waals surface area contributed by atoms with Gasteiger partial charge in [-0.2, -0.15) is 5.10 Å². The number of likely N-dealkylation sites (tertiary alicyclic amines) is 1. The summed E-state index contributed by atoms with van der Waals surface area (Å²) in [6, 6.07) is 8.88. The maximum Gasteiger partial charge on any atom is 0.223 e. The molecule has 1 aliphatic heterocycles. The van der Waals surface area contributed by atoms with Gasteiger partial charge in [0.25, 0.3) is 0 Å². The van der Waals surface area contributed by atoms with Crippen LogP contribution in [0.3, 0.4) is 0 Å². The van der Waals surface area contributed by atoms with Crippen molar-refractivity contribution in [2.75, 3.05) is 6.54 Å². The van der Waals surface area contributed by atoms with Gasteiger partial charge in [-0.15, -0.1) is 0 Å². The van der Waals surface area contributed by atoms with E-state index in [0.717, 1.165) is 38.0 Å². The van der Waals surface area contributed by atoms with Crippen molar-refractivity contribution in [3.05, 3.63) is 52.3 Å². The lowest BCUT2D eigenvalue weighted by Crippen LogP contribution is -2.30. The van der Waals surface area contributed by atoms with Crippen molar-refractivity contribution in [1.29, 1.82) is 0 Å². The van der Waals surface area contributed by atoms with E-state index in [9.17, 15) is 4.79 Å². The Morgan fingerprint density at radius 3 is 2.56 bits per heavy atom. The Morgan fingerprint density at radius 2 is 1.89 bits per heavy atom. The largest absolute Gasteiger partial charge is 0.336 e. The first-order valence-corrected chi connectivity index (χ1v) is 10.3. The minimum atomic E-state index is 0.240. The van der Waals surface area contributed by atoms with Crippen LogP contribution >= 0.6 is 0 Å². The zero-order valence-electron chi connectivity index (χ0n) is 17.5. The van der Waals surface area contributed by atoms with Crippen molar-refractivity contribution < 1.29 is 4.79 Å². The summed E-state index contributed by atoms with van der Waals surface area (Å²) in [6.45, 7) is 12.5. The summed E-state index contributed by atoms with van der Waals surface area (Å²) in [6.07, 6.45) is 3.51. The van der Waals surface area contributed by atoms with E-state index in [1.165, 1.54) is 22.4 Å². The number of hydrogen-bond donors (Lipinski definition) is 0. The lowest BCUT2D eigenvalue weighted by Gasteiger charge is -2.25. The highest BCUT2D eigenvalue weighted by molar-refractivity contribution is 5.77. The van der Waals surface area contributed by atoms with Gasteiger partial charge in [0, 0.05) is 25.2 Å². The summed E-state index contributed by atoms with van der Waals surface area (Å²) >= 11 is 0. The Bertz CT molecular complexity index is 789. The minimum Gasteiger partial charge on any atom is -0.336 e. The molecule has 146 valence electrons. The van der Waals surface area contributed by atoms with Crippen LogP contribution in [0.2, 0.25) is 0 Å². The third-order valence-electron chi connectivity index (χ3n) is 5.69. The summed E-state index contributed by atoms with van der Waals surface area (Å²) < 4.78 is 2.10. The second kappa shape index (κ2) is 8.28. The second-order valence-electron chi connectivity index (χ2n) is 8.38. The third-order valence-corrected chi connectivity index (χ3v) is 5.69. The number of nitrogens with zero attached hydrogens (tertiary/aromatic N) is 3. The van der Waals surface area contributed by atoms with Crippen molar-refractivity contribution in [2.24, 2.45) is 5.92 Å². The number of aromatic nitrogens is 2. The monoisotopic (exact) mass is 367 g/mol. The number of rotatable bonds is 6.